The molecule has 1 amide bonds. The van der Waals surface area contributed by atoms with Gasteiger partial charge in [0.25, 0.3) is 0 Å². The van der Waals surface area contributed by atoms with Gasteiger partial charge in [-0.3, -0.25) is 4.79 Å². The van der Waals surface area contributed by atoms with Gasteiger partial charge in [0.15, 0.2) is 0 Å². The molecule has 5 nitrogen and oxygen atoms in total. The van der Waals surface area contributed by atoms with E-state index in [9.17, 15) is 4.79 Å². The van der Waals surface area contributed by atoms with E-state index < -0.39 is 0 Å². The van der Waals surface area contributed by atoms with E-state index in [1.807, 2.05) is 18.0 Å². The molecule has 0 radical (unpaired) electrons. The normalized spacial score (nSPS) is 14.8. The lowest BCUT2D eigenvalue weighted by Gasteiger charge is -2.32. The molecule has 0 unspecified atom stereocenters. The summed E-state index contributed by atoms with van der Waals surface area (Å²) in [7, 11) is 5.24. The monoisotopic (exact) mass is 370 g/mol. The van der Waals surface area contributed by atoms with Crippen LogP contribution in [0.15, 0.2) is 18.2 Å². The van der Waals surface area contributed by atoms with Crippen LogP contribution < -0.4 is 14.8 Å². The van der Waals surface area contributed by atoms with Crippen LogP contribution in [0.3, 0.4) is 0 Å². The second-order valence-corrected chi connectivity index (χ2v) is 6.44. The molecule has 1 saturated heterocycles. The number of likely N-dealkylation sites (tertiary alicyclic amines) is 1. The SMILES string of the molecule is CNCCC(=O)N1CCC(CCc2cc(OC)cc(OC)c2)CC1.Cl. The van der Waals surface area contributed by atoms with Gasteiger partial charge in [-0.05, 0) is 56.3 Å². The zero-order chi connectivity index (χ0) is 17.4. The Morgan fingerprint density at radius 1 is 1.16 bits per heavy atom. The maximum Gasteiger partial charge on any atom is 0.223 e. The Morgan fingerprint density at radius 3 is 2.28 bits per heavy atom. The molecule has 1 aliphatic rings. The van der Waals surface area contributed by atoms with Crippen LogP contribution in [0.2, 0.25) is 0 Å². The molecule has 1 aromatic rings. The molecule has 2 rings (SSSR count). The van der Waals surface area contributed by atoms with Crippen LogP contribution >= 0.6 is 12.4 Å². The fraction of sp³-hybridized carbons (Fsp3) is 0.632. The number of carbonyl (C=O) groups excluding carboxylic acids is 1. The molecule has 1 heterocycles. The van der Waals surface area contributed by atoms with Gasteiger partial charge in [-0.15, -0.1) is 12.4 Å². The summed E-state index contributed by atoms with van der Waals surface area (Å²) in [6.07, 6.45) is 4.98. The molecule has 142 valence electrons. The fourth-order valence-electron chi connectivity index (χ4n) is 3.24. The van der Waals surface area contributed by atoms with Crippen molar-refractivity contribution in [3.05, 3.63) is 23.8 Å². The highest BCUT2D eigenvalue weighted by atomic mass is 35.5. The molecule has 1 fully saturated rings. The molecule has 6 heteroatoms. The average molecular weight is 371 g/mol. The predicted molar refractivity (Wildman–Crippen MR) is 103 cm³/mol. The van der Waals surface area contributed by atoms with Gasteiger partial charge in [0.2, 0.25) is 5.91 Å². The largest absolute Gasteiger partial charge is 0.497 e. The van der Waals surface area contributed by atoms with Crippen LogP contribution in [-0.2, 0) is 11.2 Å². The summed E-state index contributed by atoms with van der Waals surface area (Å²) in [5, 5.41) is 3.04. The van der Waals surface area contributed by atoms with E-state index in [0.29, 0.717) is 12.3 Å². The summed E-state index contributed by atoms with van der Waals surface area (Å²) >= 11 is 0. The lowest BCUT2D eigenvalue weighted by molar-refractivity contribution is -0.132. The average Bonchev–Trinajstić information content (AvgIpc) is 2.64. The first kappa shape index (κ1) is 21.6. The Kier molecular flexibility index (Phi) is 9.68. The summed E-state index contributed by atoms with van der Waals surface area (Å²) in [5.74, 6) is 2.65. The van der Waals surface area contributed by atoms with Gasteiger partial charge in [0, 0.05) is 32.1 Å². The van der Waals surface area contributed by atoms with Gasteiger partial charge in [0.05, 0.1) is 14.2 Å². The molecule has 0 spiro atoms. The number of hydrogen-bond donors (Lipinski definition) is 1. The molecule has 0 bridgehead atoms. The van der Waals surface area contributed by atoms with Crippen molar-refractivity contribution in [2.75, 3.05) is 40.9 Å². The summed E-state index contributed by atoms with van der Waals surface area (Å²) in [5.41, 5.74) is 1.25. The number of benzene rings is 1. The van der Waals surface area contributed by atoms with Crippen LogP contribution in [-0.4, -0.2) is 51.7 Å². The summed E-state index contributed by atoms with van der Waals surface area (Å²) in [6.45, 7) is 2.56. The maximum atomic E-state index is 12.0. The van der Waals surface area contributed by atoms with Gasteiger partial charge in [0.1, 0.15) is 11.5 Å². The minimum Gasteiger partial charge on any atom is -0.497 e. The molecule has 25 heavy (non-hydrogen) atoms. The maximum absolute atomic E-state index is 12.0. The Labute approximate surface area is 157 Å². The number of piperidine rings is 1. The van der Waals surface area contributed by atoms with Crippen LogP contribution in [0, 0.1) is 5.92 Å². The molecular formula is C19H31ClN2O3. The van der Waals surface area contributed by atoms with E-state index in [1.165, 1.54) is 5.56 Å². The summed E-state index contributed by atoms with van der Waals surface area (Å²) in [4.78, 5) is 14.1. The first-order valence-electron chi connectivity index (χ1n) is 8.80. The fourth-order valence-corrected chi connectivity index (χ4v) is 3.24. The van der Waals surface area contributed by atoms with E-state index >= 15 is 0 Å². The highest BCUT2D eigenvalue weighted by Crippen LogP contribution is 2.27. The van der Waals surface area contributed by atoms with Crippen molar-refractivity contribution in [1.82, 2.24) is 10.2 Å². The molecule has 0 atom stereocenters. The van der Waals surface area contributed by atoms with E-state index in [4.69, 9.17) is 9.47 Å². The summed E-state index contributed by atoms with van der Waals surface area (Å²) in [6, 6.07) is 6.07. The second-order valence-electron chi connectivity index (χ2n) is 6.44. The van der Waals surface area contributed by atoms with E-state index in [0.717, 1.165) is 56.8 Å². The number of aryl methyl sites for hydroxylation is 1. The third-order valence-corrected chi connectivity index (χ3v) is 4.81. The smallest absolute Gasteiger partial charge is 0.223 e. The van der Waals surface area contributed by atoms with Gasteiger partial charge in [-0.2, -0.15) is 0 Å². The molecule has 1 N–H and O–H groups in total. The number of carbonyl (C=O) groups is 1. The molecular weight excluding hydrogens is 340 g/mol. The first-order valence-corrected chi connectivity index (χ1v) is 8.80. The van der Waals surface area contributed by atoms with Crippen LogP contribution in [0.25, 0.3) is 0 Å². The number of rotatable bonds is 8. The van der Waals surface area contributed by atoms with Crippen molar-refractivity contribution < 1.29 is 14.3 Å². The lowest BCUT2D eigenvalue weighted by Crippen LogP contribution is -2.39. The second kappa shape index (κ2) is 11.2. The van der Waals surface area contributed by atoms with Crippen molar-refractivity contribution in [3.63, 3.8) is 0 Å². The van der Waals surface area contributed by atoms with Crippen LogP contribution in [0.1, 0.15) is 31.2 Å². The molecule has 0 aromatic heterocycles. The van der Waals surface area contributed by atoms with Gasteiger partial charge >= 0.3 is 0 Å². The van der Waals surface area contributed by atoms with E-state index in [-0.39, 0.29) is 18.3 Å². The number of halogens is 1. The Bertz CT molecular complexity index is 509. The minimum atomic E-state index is 0. The molecule has 0 saturated carbocycles. The Morgan fingerprint density at radius 2 is 1.76 bits per heavy atom. The third kappa shape index (κ3) is 6.75. The molecule has 1 aromatic carbocycles. The van der Waals surface area contributed by atoms with Crippen molar-refractivity contribution >= 4 is 18.3 Å². The molecule has 1 aliphatic heterocycles. The van der Waals surface area contributed by atoms with Crippen molar-refractivity contribution in [1.29, 1.82) is 0 Å². The first-order chi connectivity index (χ1) is 11.7. The predicted octanol–water partition coefficient (Wildman–Crippen LogP) is 2.91. The topological polar surface area (TPSA) is 50.8 Å². The third-order valence-electron chi connectivity index (χ3n) is 4.81. The van der Waals surface area contributed by atoms with Gasteiger partial charge in [-0.1, -0.05) is 0 Å². The highest BCUT2D eigenvalue weighted by Gasteiger charge is 2.22. The van der Waals surface area contributed by atoms with E-state index in [2.05, 4.69) is 17.4 Å². The van der Waals surface area contributed by atoms with Crippen LogP contribution in [0.4, 0.5) is 0 Å². The highest BCUT2D eigenvalue weighted by molar-refractivity contribution is 5.85. The zero-order valence-electron chi connectivity index (χ0n) is 15.5. The van der Waals surface area contributed by atoms with Crippen molar-refractivity contribution in [3.8, 4) is 11.5 Å². The number of ether oxygens (including phenoxy) is 2. The number of nitrogens with one attached hydrogen (secondary N) is 1. The minimum absolute atomic E-state index is 0. The standard InChI is InChI=1S/C19H30N2O3.ClH/c1-20-9-6-19(22)21-10-7-15(8-11-21)4-5-16-12-17(23-2)14-18(13-16)24-3;/h12-15,20H,4-11H2,1-3H3;1H. The Hall–Kier alpha value is -1.46. The number of amides is 1. The van der Waals surface area contributed by atoms with Gasteiger partial charge in [-0.25, -0.2) is 0 Å². The number of nitrogens with zero attached hydrogens (tertiary/aromatic N) is 1. The zero-order valence-corrected chi connectivity index (χ0v) is 16.4. The van der Waals surface area contributed by atoms with Gasteiger partial charge < -0.3 is 19.7 Å². The summed E-state index contributed by atoms with van der Waals surface area (Å²) < 4.78 is 10.7. The number of hydrogen-bond acceptors (Lipinski definition) is 4. The Balaban J connectivity index is 0.00000312. The van der Waals surface area contributed by atoms with E-state index in [1.54, 1.807) is 14.2 Å². The van der Waals surface area contributed by atoms with Crippen molar-refractivity contribution in [2.24, 2.45) is 5.92 Å². The molecule has 0 aliphatic carbocycles. The number of methoxy groups -OCH3 is 2. The van der Waals surface area contributed by atoms with Crippen molar-refractivity contribution in [2.45, 2.75) is 32.1 Å². The lowest BCUT2D eigenvalue weighted by atomic mass is 9.90. The van der Waals surface area contributed by atoms with Crippen LogP contribution in [0.5, 0.6) is 11.5 Å². The quantitative estimate of drug-likeness (QED) is 0.764.